The zero-order valence-electron chi connectivity index (χ0n) is 1.86. The third kappa shape index (κ3) is 17600. The molecule has 2 N–H and O–H groups in total. The number of carbonyl (C=O) groups excluding carboxylic acids is 1. The predicted molar refractivity (Wildman–Crippen MR) is 9.58 cm³/mol. The Morgan fingerprint density at radius 1 is 2.00 bits per heavy atom. The first-order valence-corrected chi connectivity index (χ1v) is 1.27. The number of nitrogens with two attached hydrogens (primary N) is 1. The Kier molecular flexibility index (Phi) is 1.32. The molecule has 0 bridgehead atoms. The van der Waals surface area contributed by atoms with Gasteiger partial charge in [0.15, 0.2) is 0 Å². The van der Waals surface area contributed by atoms with Gasteiger partial charge in [0.2, 0.25) is 0 Å². The van der Waals surface area contributed by atoms with Crippen LogP contribution in [0.5, 0.6) is 0 Å². The number of hydrogen-bond donors (Lipinski definition) is 1. The summed E-state index contributed by atoms with van der Waals surface area (Å²) < 4.78 is 0. The third-order valence-corrected chi connectivity index (χ3v) is 0. The molecule has 0 atom stereocenters. The molecule has 3 heteroatoms. The number of carbonyl (C=O) groups is 1. The molecule has 1 amide bonds. The van der Waals surface area contributed by atoms with Crippen molar-refractivity contribution in [1.82, 2.24) is 0 Å². The molecule has 2 nitrogen and oxygen atoms in total. The average Bonchev–Trinajstić information content (AvgIpc) is 0.811. The monoisotopic (exact) mass is 99.0 g/mol. The molecule has 0 radical (unpaired) electrons. The Morgan fingerprint density at radius 3 is 2.00 bits per heavy atom. The molecule has 24 valence electrons. The van der Waals surface area contributed by atoms with E-state index in [4.69, 9.17) is 4.79 Å². The van der Waals surface area contributed by atoms with Crippen LogP contribution in [0.4, 0.5) is 4.79 Å². The van der Waals surface area contributed by atoms with Gasteiger partial charge in [-0.05, 0) is 0 Å². The molecule has 0 aliphatic heterocycles. The third-order valence-electron chi connectivity index (χ3n) is 0. The van der Waals surface area contributed by atoms with E-state index in [1.54, 1.807) is 0 Å². The Morgan fingerprint density at radius 2 is 2.00 bits per heavy atom. The van der Waals surface area contributed by atoms with Gasteiger partial charge in [0.25, 0.3) is 0 Å². The summed E-state index contributed by atoms with van der Waals surface area (Å²) >= 11 is 2.41. The summed E-state index contributed by atoms with van der Waals surface area (Å²) in [4.78, 5) is 8.62. The van der Waals surface area contributed by atoms with Gasteiger partial charge in [-0.15, -0.1) is 0 Å². The summed E-state index contributed by atoms with van der Waals surface area (Å²) in [7, 11) is 0. The van der Waals surface area contributed by atoms with Gasteiger partial charge in [0.1, 0.15) is 0 Å². The normalized spacial score (nSPS) is 6.25. The molecule has 0 heterocycles. The second-order valence-electron chi connectivity index (χ2n) is 0.304. The molecule has 0 aromatic heterocycles. The van der Waals surface area contributed by atoms with Crippen molar-refractivity contribution in [2.24, 2.45) is 5.73 Å². The van der Waals surface area contributed by atoms with E-state index in [0.29, 0.717) is 0 Å². The van der Waals surface area contributed by atoms with Crippen LogP contribution in [-0.4, -0.2) is 4.81 Å². The van der Waals surface area contributed by atoms with E-state index in [0.717, 1.165) is 0 Å². The van der Waals surface area contributed by atoms with E-state index in [2.05, 4.69) is 21.7 Å². The quantitative estimate of drug-likeness (QED) is 0.413. The topological polar surface area (TPSA) is 43.1 Å². The molecule has 0 aliphatic carbocycles. The second kappa shape index (κ2) is 1.32. The zero-order valence-corrected chi connectivity index (χ0v) is 3.04. The Labute approximate surface area is 32.2 Å². The van der Waals surface area contributed by atoms with Crippen LogP contribution in [0.2, 0.25) is 0 Å². The van der Waals surface area contributed by atoms with E-state index in [1.165, 1.54) is 0 Å². The van der Waals surface area contributed by atoms with Gasteiger partial charge in [0, 0.05) is 0 Å². The first kappa shape index (κ1) is 3.99. The Bertz CT molecular complexity index is 31.0. The standard InChI is InChI=1S/CH2NO.Mn/c2-1-3;/h(H2,2,3);. The van der Waals surface area contributed by atoms with Crippen molar-refractivity contribution in [1.29, 1.82) is 0 Å². The summed E-state index contributed by atoms with van der Waals surface area (Å²) in [5.74, 6) is 0. The van der Waals surface area contributed by atoms with Crippen molar-refractivity contribution in [3.05, 3.63) is 0 Å². The first-order valence-electron chi connectivity index (χ1n) is 0.682. The van der Waals surface area contributed by atoms with Crippen LogP contribution in [0, 0.1) is 0 Å². The Hall–Kier alpha value is -0.0105. The zero-order chi connectivity index (χ0) is 3.58. The van der Waals surface area contributed by atoms with E-state index in [1.807, 2.05) is 0 Å². The van der Waals surface area contributed by atoms with Gasteiger partial charge < -0.3 is 0 Å². The van der Waals surface area contributed by atoms with Crippen LogP contribution in [0.25, 0.3) is 0 Å². The maximum absolute atomic E-state index is 9.14. The van der Waals surface area contributed by atoms with Crippen molar-refractivity contribution >= 4 is 4.81 Å². The van der Waals surface area contributed by atoms with E-state index in [-0.39, 0.29) is 0 Å². The molecule has 4 heavy (non-hydrogen) atoms. The molecular formula is CH2MnNO. The van der Waals surface area contributed by atoms with E-state index < -0.39 is 4.81 Å². The summed E-state index contributed by atoms with van der Waals surface area (Å²) in [5.41, 5.74) is 4.39. The first-order chi connectivity index (χ1) is 1.73. The van der Waals surface area contributed by atoms with E-state index in [9.17, 15) is 0 Å². The number of primary amides is 1. The summed E-state index contributed by atoms with van der Waals surface area (Å²) in [6.45, 7) is 0. The summed E-state index contributed by atoms with van der Waals surface area (Å²) in [5, 5.41) is 0. The van der Waals surface area contributed by atoms with Crippen LogP contribution in [0.3, 0.4) is 0 Å². The number of amides is 1. The molecule has 0 aromatic rings. The van der Waals surface area contributed by atoms with Crippen LogP contribution >= 0.6 is 0 Å². The molecule has 0 aromatic carbocycles. The van der Waals surface area contributed by atoms with Crippen LogP contribution < -0.4 is 5.73 Å². The minimum atomic E-state index is -0.521. The number of hydrogen-bond acceptors (Lipinski definition) is 1. The second-order valence-corrected chi connectivity index (χ2v) is 0.886. The molecule has 0 unspecified atom stereocenters. The molecule has 0 spiro atoms. The SMILES string of the molecule is N[C](=O)[Mn]. The summed E-state index contributed by atoms with van der Waals surface area (Å²) in [6.07, 6.45) is 0. The molecular weight excluding hydrogens is 97.0 g/mol. The van der Waals surface area contributed by atoms with Crippen LogP contribution in [-0.2, 0) is 16.0 Å². The predicted octanol–water partition coefficient (Wildman–Crippen LogP) is -0.388. The molecule has 0 saturated carbocycles. The number of rotatable bonds is 0. The summed E-state index contributed by atoms with van der Waals surface area (Å²) in [6, 6.07) is 0. The molecule has 0 fully saturated rings. The van der Waals surface area contributed by atoms with Crippen molar-refractivity contribution in [2.45, 2.75) is 0 Å². The average molecular weight is 99.0 g/mol. The van der Waals surface area contributed by atoms with Crippen LogP contribution in [0.1, 0.15) is 0 Å². The van der Waals surface area contributed by atoms with Gasteiger partial charge in [0.05, 0.1) is 0 Å². The fourth-order valence-corrected chi connectivity index (χ4v) is 0. The van der Waals surface area contributed by atoms with Crippen molar-refractivity contribution in [2.75, 3.05) is 0 Å². The van der Waals surface area contributed by atoms with Crippen molar-refractivity contribution in [3.8, 4) is 0 Å². The van der Waals surface area contributed by atoms with Gasteiger partial charge in [-0.3, -0.25) is 0 Å². The van der Waals surface area contributed by atoms with Crippen molar-refractivity contribution in [3.63, 3.8) is 0 Å². The van der Waals surface area contributed by atoms with Crippen LogP contribution in [0.15, 0.2) is 0 Å². The molecule has 0 saturated heterocycles. The fraction of sp³-hybridized carbons (Fsp3) is 0. The molecule has 0 aliphatic rings. The van der Waals surface area contributed by atoms with Gasteiger partial charge in [-0.2, -0.15) is 0 Å². The Balaban J connectivity index is 2.80. The van der Waals surface area contributed by atoms with Gasteiger partial charge in [-0.25, -0.2) is 0 Å². The maximum atomic E-state index is 9.14. The minimum absolute atomic E-state index is 0.521. The van der Waals surface area contributed by atoms with Gasteiger partial charge >= 0.3 is 31.3 Å². The fourth-order valence-electron chi connectivity index (χ4n) is 0. The van der Waals surface area contributed by atoms with Crippen molar-refractivity contribution < 1.29 is 20.8 Å². The van der Waals surface area contributed by atoms with Gasteiger partial charge in [-0.1, -0.05) is 0 Å². The van der Waals surface area contributed by atoms with E-state index >= 15 is 0 Å². The molecule has 0 rings (SSSR count).